The van der Waals surface area contributed by atoms with Crippen LogP contribution in [-0.4, -0.2) is 28.2 Å². The van der Waals surface area contributed by atoms with Crippen molar-refractivity contribution in [3.05, 3.63) is 66.4 Å². The molecule has 0 bridgehead atoms. The maximum atomic E-state index is 12.4. The zero-order valence-electron chi connectivity index (χ0n) is 15.3. The lowest BCUT2D eigenvalue weighted by atomic mass is 10.2. The molecule has 0 aliphatic rings. The van der Waals surface area contributed by atoms with E-state index >= 15 is 0 Å². The predicted octanol–water partition coefficient (Wildman–Crippen LogP) is 4.14. The van der Waals surface area contributed by atoms with E-state index in [-0.39, 0.29) is 11.7 Å². The van der Waals surface area contributed by atoms with Crippen molar-refractivity contribution in [2.24, 2.45) is 0 Å². The summed E-state index contributed by atoms with van der Waals surface area (Å²) in [7, 11) is 0. The Morgan fingerprint density at radius 1 is 1.14 bits per heavy atom. The fourth-order valence-corrected chi connectivity index (χ4v) is 3.24. The molecule has 2 heterocycles. The maximum absolute atomic E-state index is 12.4. The number of amides is 1. The van der Waals surface area contributed by atoms with E-state index in [1.54, 1.807) is 30.5 Å². The second kappa shape index (κ2) is 9.53. The van der Waals surface area contributed by atoms with Gasteiger partial charge in [-0.3, -0.25) is 9.78 Å². The number of nitrogens with zero attached hydrogens (tertiary/aromatic N) is 3. The third-order valence-corrected chi connectivity index (χ3v) is 4.70. The molecule has 0 aliphatic carbocycles. The molecular formula is C21H18N4O2S. The molecule has 6 nitrogen and oxygen atoms in total. The Hall–Kier alpha value is -3.37. The number of rotatable bonds is 7. The topological polar surface area (TPSA) is 87.9 Å². The standard InChI is InChI=1S/C21H18N4O2S/c1-2-27-19-9-4-3-8-18(19)24-20(26)14-28-21-15(13-22)10-11-17(25-21)16-7-5-6-12-23-16/h3-12H,2,14H2,1H3,(H,24,26). The minimum absolute atomic E-state index is 0.119. The van der Waals surface area contributed by atoms with Gasteiger partial charge >= 0.3 is 0 Å². The lowest BCUT2D eigenvalue weighted by molar-refractivity contribution is -0.113. The van der Waals surface area contributed by atoms with E-state index in [2.05, 4.69) is 21.4 Å². The highest BCUT2D eigenvalue weighted by molar-refractivity contribution is 8.00. The number of hydrogen-bond acceptors (Lipinski definition) is 6. The Labute approximate surface area is 167 Å². The zero-order chi connectivity index (χ0) is 19.8. The summed E-state index contributed by atoms with van der Waals surface area (Å²) in [5.41, 5.74) is 2.41. The molecule has 0 fully saturated rings. The molecule has 2 aromatic heterocycles. The maximum Gasteiger partial charge on any atom is 0.234 e. The second-order valence-corrected chi connectivity index (χ2v) is 6.61. The van der Waals surface area contributed by atoms with Crippen LogP contribution in [-0.2, 0) is 4.79 Å². The van der Waals surface area contributed by atoms with Gasteiger partial charge in [0.15, 0.2) is 0 Å². The van der Waals surface area contributed by atoms with Gasteiger partial charge in [-0.15, -0.1) is 0 Å². The zero-order valence-corrected chi connectivity index (χ0v) is 16.1. The predicted molar refractivity (Wildman–Crippen MR) is 109 cm³/mol. The fourth-order valence-electron chi connectivity index (χ4n) is 2.46. The minimum Gasteiger partial charge on any atom is -0.492 e. The number of nitrogens with one attached hydrogen (secondary N) is 1. The first-order valence-electron chi connectivity index (χ1n) is 8.68. The second-order valence-electron chi connectivity index (χ2n) is 5.64. The van der Waals surface area contributed by atoms with Crippen LogP contribution >= 0.6 is 11.8 Å². The Morgan fingerprint density at radius 3 is 2.71 bits per heavy atom. The highest BCUT2D eigenvalue weighted by atomic mass is 32.2. The summed E-state index contributed by atoms with van der Waals surface area (Å²) >= 11 is 1.21. The lowest BCUT2D eigenvalue weighted by Gasteiger charge is -2.11. The first-order chi connectivity index (χ1) is 13.7. The van der Waals surface area contributed by atoms with Gasteiger partial charge in [0, 0.05) is 6.20 Å². The van der Waals surface area contributed by atoms with Crippen LogP contribution in [0.3, 0.4) is 0 Å². The summed E-state index contributed by atoms with van der Waals surface area (Å²) in [5.74, 6) is 0.538. The van der Waals surface area contributed by atoms with Crippen molar-refractivity contribution in [3.63, 3.8) is 0 Å². The summed E-state index contributed by atoms with van der Waals surface area (Å²) in [6, 6.07) is 18.4. The summed E-state index contributed by atoms with van der Waals surface area (Å²) < 4.78 is 5.52. The van der Waals surface area contributed by atoms with Crippen LogP contribution in [0, 0.1) is 11.3 Å². The van der Waals surface area contributed by atoms with Crippen LogP contribution in [0.2, 0.25) is 0 Å². The highest BCUT2D eigenvalue weighted by Gasteiger charge is 2.12. The van der Waals surface area contributed by atoms with Crippen molar-refractivity contribution in [3.8, 4) is 23.2 Å². The fraction of sp³-hybridized carbons (Fsp3) is 0.143. The van der Waals surface area contributed by atoms with Gasteiger partial charge < -0.3 is 10.1 Å². The monoisotopic (exact) mass is 390 g/mol. The van der Waals surface area contributed by atoms with Crippen LogP contribution in [0.25, 0.3) is 11.4 Å². The summed E-state index contributed by atoms with van der Waals surface area (Å²) in [6.45, 7) is 2.40. The van der Waals surface area contributed by atoms with Gasteiger partial charge in [-0.1, -0.05) is 30.0 Å². The van der Waals surface area contributed by atoms with Crippen LogP contribution < -0.4 is 10.1 Å². The number of anilines is 1. The number of nitriles is 1. The molecule has 140 valence electrons. The molecule has 1 N–H and O–H groups in total. The van der Waals surface area contributed by atoms with Crippen LogP contribution in [0.4, 0.5) is 5.69 Å². The number of thioether (sulfide) groups is 1. The average molecular weight is 390 g/mol. The SMILES string of the molecule is CCOc1ccccc1NC(=O)CSc1nc(-c2ccccn2)ccc1C#N. The van der Waals surface area contributed by atoms with Gasteiger partial charge in [-0.05, 0) is 43.3 Å². The number of hydrogen-bond donors (Lipinski definition) is 1. The smallest absolute Gasteiger partial charge is 0.234 e. The molecular weight excluding hydrogens is 372 g/mol. The molecule has 1 amide bonds. The minimum atomic E-state index is -0.203. The quantitative estimate of drug-likeness (QED) is 0.610. The number of aromatic nitrogens is 2. The van der Waals surface area contributed by atoms with E-state index < -0.39 is 0 Å². The van der Waals surface area contributed by atoms with Gasteiger partial charge in [-0.2, -0.15) is 5.26 Å². The number of benzene rings is 1. The molecule has 28 heavy (non-hydrogen) atoms. The molecule has 3 rings (SSSR count). The molecule has 7 heteroatoms. The third kappa shape index (κ3) is 4.87. The molecule has 0 aliphatic heterocycles. The molecule has 0 radical (unpaired) electrons. The molecule has 0 saturated heterocycles. The van der Waals surface area contributed by atoms with Gasteiger partial charge in [0.05, 0.1) is 35.0 Å². The van der Waals surface area contributed by atoms with Crippen molar-refractivity contribution in [2.45, 2.75) is 11.9 Å². The number of pyridine rings is 2. The Morgan fingerprint density at radius 2 is 1.96 bits per heavy atom. The van der Waals surface area contributed by atoms with E-state index in [1.807, 2.05) is 37.3 Å². The van der Waals surface area contributed by atoms with Crippen molar-refractivity contribution in [1.82, 2.24) is 9.97 Å². The molecule has 3 aromatic rings. The van der Waals surface area contributed by atoms with Gasteiger partial charge in [0.1, 0.15) is 16.8 Å². The van der Waals surface area contributed by atoms with E-state index in [1.165, 1.54) is 11.8 Å². The van der Waals surface area contributed by atoms with Crippen LogP contribution in [0.5, 0.6) is 5.75 Å². The Kier molecular flexibility index (Phi) is 6.60. The van der Waals surface area contributed by atoms with E-state index in [4.69, 9.17) is 4.74 Å². The normalized spacial score (nSPS) is 10.1. The first kappa shape index (κ1) is 19.4. The molecule has 1 aromatic carbocycles. The summed E-state index contributed by atoms with van der Waals surface area (Å²) in [6.07, 6.45) is 1.69. The summed E-state index contributed by atoms with van der Waals surface area (Å²) in [5, 5.41) is 12.7. The molecule has 0 spiro atoms. The van der Waals surface area contributed by atoms with Gasteiger partial charge in [0.2, 0.25) is 5.91 Å². The lowest BCUT2D eigenvalue weighted by Crippen LogP contribution is -2.15. The molecule has 0 atom stereocenters. The van der Waals surface area contributed by atoms with Crippen LogP contribution in [0.1, 0.15) is 12.5 Å². The Balaban J connectivity index is 1.72. The third-order valence-electron chi connectivity index (χ3n) is 3.71. The van der Waals surface area contributed by atoms with E-state index in [9.17, 15) is 10.1 Å². The average Bonchev–Trinajstić information content (AvgIpc) is 2.74. The number of ether oxygens (including phenoxy) is 1. The van der Waals surface area contributed by atoms with Gasteiger partial charge in [-0.25, -0.2) is 4.98 Å². The van der Waals surface area contributed by atoms with E-state index in [0.29, 0.717) is 40.0 Å². The van der Waals surface area contributed by atoms with Crippen LogP contribution in [0.15, 0.2) is 65.8 Å². The largest absolute Gasteiger partial charge is 0.492 e. The first-order valence-corrected chi connectivity index (χ1v) is 9.67. The highest BCUT2D eigenvalue weighted by Crippen LogP contribution is 2.26. The van der Waals surface area contributed by atoms with Crippen molar-refractivity contribution >= 4 is 23.4 Å². The van der Waals surface area contributed by atoms with Gasteiger partial charge in [0.25, 0.3) is 0 Å². The number of carbonyl (C=O) groups excluding carboxylic acids is 1. The summed E-state index contributed by atoms with van der Waals surface area (Å²) in [4.78, 5) is 21.2. The van der Waals surface area contributed by atoms with Crippen molar-refractivity contribution in [2.75, 3.05) is 17.7 Å². The molecule has 0 unspecified atom stereocenters. The molecule has 0 saturated carbocycles. The van der Waals surface area contributed by atoms with E-state index in [0.717, 1.165) is 0 Å². The van der Waals surface area contributed by atoms with Crippen molar-refractivity contribution in [1.29, 1.82) is 5.26 Å². The van der Waals surface area contributed by atoms with Crippen molar-refractivity contribution < 1.29 is 9.53 Å². The number of carbonyl (C=O) groups is 1. The Bertz CT molecular complexity index is 1000. The number of para-hydroxylation sites is 2.